The molecule has 126 valence electrons. The van der Waals surface area contributed by atoms with E-state index in [4.69, 9.17) is 10.7 Å². The Bertz CT molecular complexity index is 939. The maximum absolute atomic E-state index is 6.62. The van der Waals surface area contributed by atoms with Crippen molar-refractivity contribution in [1.29, 1.82) is 0 Å². The van der Waals surface area contributed by atoms with Crippen LogP contribution in [0.2, 0.25) is 0 Å². The molecule has 4 rings (SSSR count). The topological polar surface area (TPSA) is 50.4 Å². The van der Waals surface area contributed by atoms with E-state index in [1.54, 1.807) is 0 Å². The molecular weight excluding hydrogens is 306 g/mol. The van der Waals surface area contributed by atoms with Gasteiger partial charge >= 0.3 is 0 Å². The molecule has 3 heteroatoms. The largest absolute Gasteiger partial charge is 0.385 e. The van der Waals surface area contributed by atoms with E-state index in [9.17, 15) is 0 Å². The molecule has 25 heavy (non-hydrogen) atoms. The Labute approximate surface area is 148 Å². The van der Waals surface area contributed by atoms with Gasteiger partial charge in [0.2, 0.25) is 0 Å². The Balaban J connectivity index is 1.86. The molecular formula is C22H23N3. The second-order valence-corrected chi connectivity index (χ2v) is 6.59. The first-order chi connectivity index (χ1) is 12.2. The summed E-state index contributed by atoms with van der Waals surface area (Å²) in [6.07, 6.45) is 1.89. The van der Waals surface area contributed by atoms with Crippen molar-refractivity contribution >= 4 is 22.3 Å². The summed E-state index contributed by atoms with van der Waals surface area (Å²) in [5.74, 6) is 0.638. The van der Waals surface area contributed by atoms with Crippen LogP contribution in [0.15, 0.2) is 71.7 Å². The van der Waals surface area contributed by atoms with Gasteiger partial charge in [0.1, 0.15) is 11.4 Å². The summed E-state index contributed by atoms with van der Waals surface area (Å²) in [6.45, 7) is 3.08. The molecule has 0 spiro atoms. The van der Waals surface area contributed by atoms with Gasteiger partial charge in [-0.05, 0) is 35.4 Å². The molecule has 3 aromatic carbocycles. The SMILES string of the molecule is CCC1(C(N)=Nc2cccc3ccccc23)NCCc2ccccc21. The first kappa shape index (κ1) is 15.9. The number of hydrogen-bond donors (Lipinski definition) is 2. The minimum Gasteiger partial charge on any atom is -0.385 e. The second kappa shape index (κ2) is 6.34. The van der Waals surface area contributed by atoms with Crippen molar-refractivity contribution in [2.45, 2.75) is 25.3 Å². The third-order valence-corrected chi connectivity index (χ3v) is 5.27. The lowest BCUT2D eigenvalue weighted by Gasteiger charge is -2.39. The van der Waals surface area contributed by atoms with Crippen LogP contribution in [0.1, 0.15) is 24.5 Å². The van der Waals surface area contributed by atoms with Crippen molar-refractivity contribution in [3.05, 3.63) is 77.9 Å². The molecule has 0 radical (unpaired) electrons. The monoisotopic (exact) mass is 329 g/mol. The molecule has 1 heterocycles. The molecule has 0 saturated carbocycles. The average molecular weight is 329 g/mol. The van der Waals surface area contributed by atoms with Gasteiger partial charge in [0.25, 0.3) is 0 Å². The highest BCUT2D eigenvalue weighted by Crippen LogP contribution is 2.34. The van der Waals surface area contributed by atoms with Crippen LogP contribution in [0.25, 0.3) is 10.8 Å². The van der Waals surface area contributed by atoms with Gasteiger partial charge in [-0.25, -0.2) is 4.99 Å². The van der Waals surface area contributed by atoms with Crippen LogP contribution in [0.3, 0.4) is 0 Å². The first-order valence-corrected chi connectivity index (χ1v) is 8.90. The number of aliphatic imine (C=N–C) groups is 1. The normalized spacial score (nSPS) is 20.4. The maximum atomic E-state index is 6.62. The van der Waals surface area contributed by atoms with Gasteiger partial charge in [-0.15, -0.1) is 0 Å². The Morgan fingerprint density at radius 3 is 2.68 bits per heavy atom. The first-order valence-electron chi connectivity index (χ1n) is 8.90. The average Bonchev–Trinajstić information content (AvgIpc) is 2.67. The van der Waals surface area contributed by atoms with E-state index in [1.165, 1.54) is 16.5 Å². The molecule has 3 aromatic rings. The lowest BCUT2D eigenvalue weighted by Crippen LogP contribution is -2.55. The van der Waals surface area contributed by atoms with Gasteiger partial charge in [0.05, 0.1) is 5.69 Å². The molecule has 1 atom stereocenters. The zero-order valence-electron chi connectivity index (χ0n) is 14.5. The van der Waals surface area contributed by atoms with Gasteiger partial charge in [0, 0.05) is 11.9 Å². The van der Waals surface area contributed by atoms with Gasteiger partial charge in [-0.3, -0.25) is 0 Å². The number of amidine groups is 1. The van der Waals surface area contributed by atoms with Crippen LogP contribution in [-0.2, 0) is 12.0 Å². The van der Waals surface area contributed by atoms with Gasteiger partial charge in [0.15, 0.2) is 0 Å². The Morgan fingerprint density at radius 1 is 1.04 bits per heavy atom. The molecule has 0 bridgehead atoms. The van der Waals surface area contributed by atoms with E-state index >= 15 is 0 Å². The van der Waals surface area contributed by atoms with Crippen LogP contribution in [-0.4, -0.2) is 12.4 Å². The smallest absolute Gasteiger partial charge is 0.125 e. The molecule has 0 amide bonds. The third-order valence-electron chi connectivity index (χ3n) is 5.27. The molecule has 0 aliphatic carbocycles. The Hall–Kier alpha value is -2.65. The minimum atomic E-state index is -0.397. The van der Waals surface area contributed by atoms with Crippen molar-refractivity contribution < 1.29 is 0 Å². The number of benzene rings is 3. The zero-order valence-corrected chi connectivity index (χ0v) is 14.5. The van der Waals surface area contributed by atoms with Crippen molar-refractivity contribution in [2.24, 2.45) is 10.7 Å². The molecule has 0 saturated heterocycles. The van der Waals surface area contributed by atoms with E-state index in [-0.39, 0.29) is 0 Å². The molecule has 1 aliphatic rings. The quantitative estimate of drug-likeness (QED) is 0.556. The zero-order chi connectivity index (χ0) is 17.3. The highest BCUT2D eigenvalue weighted by molar-refractivity contribution is 5.99. The molecule has 1 unspecified atom stereocenters. The van der Waals surface area contributed by atoms with E-state index in [0.717, 1.165) is 30.5 Å². The third kappa shape index (κ3) is 2.61. The maximum Gasteiger partial charge on any atom is 0.125 e. The lowest BCUT2D eigenvalue weighted by molar-refractivity contribution is 0.407. The van der Waals surface area contributed by atoms with Gasteiger partial charge in [-0.2, -0.15) is 0 Å². The predicted octanol–water partition coefficient (Wildman–Crippen LogP) is 4.28. The highest BCUT2D eigenvalue weighted by atomic mass is 15.1. The summed E-state index contributed by atoms with van der Waals surface area (Å²) >= 11 is 0. The summed E-state index contributed by atoms with van der Waals surface area (Å²) in [4.78, 5) is 4.88. The standard InChI is InChI=1S/C22H23N3/c1-2-22(19-12-6-4-9-17(19)14-15-24-22)21(23)25-20-13-7-10-16-8-3-5-11-18(16)20/h3-13,24H,2,14-15H2,1H3,(H2,23,25). The number of nitrogens with two attached hydrogens (primary N) is 1. The molecule has 1 aliphatic heterocycles. The van der Waals surface area contributed by atoms with Crippen LogP contribution in [0, 0.1) is 0 Å². The van der Waals surface area contributed by atoms with Gasteiger partial charge in [-0.1, -0.05) is 67.6 Å². The number of rotatable bonds is 3. The molecule has 0 fully saturated rings. The number of hydrogen-bond acceptors (Lipinski definition) is 2. The van der Waals surface area contributed by atoms with Crippen molar-refractivity contribution in [3.63, 3.8) is 0 Å². The lowest BCUT2D eigenvalue weighted by atomic mass is 9.79. The fourth-order valence-corrected chi connectivity index (χ4v) is 3.92. The van der Waals surface area contributed by atoms with Crippen LogP contribution in [0.5, 0.6) is 0 Å². The number of fused-ring (bicyclic) bond motifs is 2. The minimum absolute atomic E-state index is 0.397. The molecule has 3 nitrogen and oxygen atoms in total. The van der Waals surface area contributed by atoms with E-state index in [1.807, 2.05) is 24.3 Å². The van der Waals surface area contributed by atoms with E-state index in [0.29, 0.717) is 5.84 Å². The van der Waals surface area contributed by atoms with Crippen LogP contribution >= 0.6 is 0 Å². The Morgan fingerprint density at radius 2 is 1.80 bits per heavy atom. The van der Waals surface area contributed by atoms with Crippen molar-refractivity contribution in [3.8, 4) is 0 Å². The summed E-state index contributed by atoms with van der Waals surface area (Å²) < 4.78 is 0. The fraction of sp³-hybridized carbons (Fsp3) is 0.227. The van der Waals surface area contributed by atoms with Crippen molar-refractivity contribution in [1.82, 2.24) is 5.32 Å². The number of nitrogens with one attached hydrogen (secondary N) is 1. The van der Waals surface area contributed by atoms with Crippen LogP contribution in [0.4, 0.5) is 5.69 Å². The highest BCUT2D eigenvalue weighted by Gasteiger charge is 2.38. The van der Waals surface area contributed by atoms with Gasteiger partial charge < -0.3 is 11.1 Å². The second-order valence-electron chi connectivity index (χ2n) is 6.59. The number of nitrogens with zero attached hydrogens (tertiary/aromatic N) is 1. The summed E-state index contributed by atoms with van der Waals surface area (Å²) in [5.41, 5.74) is 9.76. The molecule has 3 N–H and O–H groups in total. The molecule has 0 aromatic heterocycles. The summed E-state index contributed by atoms with van der Waals surface area (Å²) in [7, 11) is 0. The van der Waals surface area contributed by atoms with E-state index in [2.05, 4.69) is 54.7 Å². The fourth-order valence-electron chi connectivity index (χ4n) is 3.92. The Kier molecular flexibility index (Phi) is 4.02. The van der Waals surface area contributed by atoms with Crippen LogP contribution < -0.4 is 11.1 Å². The van der Waals surface area contributed by atoms with E-state index < -0.39 is 5.54 Å². The van der Waals surface area contributed by atoms with Crippen molar-refractivity contribution in [2.75, 3.05) is 6.54 Å². The summed E-state index contributed by atoms with van der Waals surface area (Å²) in [6, 6.07) is 23.0. The predicted molar refractivity (Wildman–Crippen MR) is 105 cm³/mol. The summed E-state index contributed by atoms with van der Waals surface area (Å²) in [5, 5.41) is 5.96.